The monoisotopic (exact) mass is 243 g/mol. The fraction of sp³-hybridized carbons (Fsp3) is 0.333. The topological polar surface area (TPSA) is 43.1 Å². The summed E-state index contributed by atoms with van der Waals surface area (Å²) < 4.78 is 5.36. The second-order valence-electron chi connectivity index (χ2n) is 4.76. The van der Waals surface area contributed by atoms with Gasteiger partial charge in [-0.2, -0.15) is 0 Å². The molecule has 1 heterocycles. The second kappa shape index (κ2) is 4.41. The van der Waals surface area contributed by atoms with Gasteiger partial charge in [-0.1, -0.05) is 11.2 Å². The zero-order valence-electron chi connectivity index (χ0n) is 11.4. The van der Waals surface area contributed by atoms with Gasteiger partial charge in [0.2, 0.25) is 0 Å². The first kappa shape index (κ1) is 12.6. The highest BCUT2D eigenvalue weighted by Crippen LogP contribution is 2.34. The molecule has 2 aromatic rings. The van der Waals surface area contributed by atoms with Gasteiger partial charge < -0.3 is 4.52 Å². The van der Waals surface area contributed by atoms with Crippen LogP contribution in [0, 0.1) is 34.6 Å². The van der Waals surface area contributed by atoms with Gasteiger partial charge in [0.05, 0.1) is 11.3 Å². The molecule has 0 fully saturated rings. The summed E-state index contributed by atoms with van der Waals surface area (Å²) in [5.41, 5.74) is 6.84. The van der Waals surface area contributed by atoms with Gasteiger partial charge in [0.1, 0.15) is 0 Å². The number of aryl methyl sites for hydroxylation is 3. The van der Waals surface area contributed by atoms with Crippen molar-refractivity contribution in [2.24, 2.45) is 0 Å². The van der Waals surface area contributed by atoms with Crippen molar-refractivity contribution >= 4 is 6.29 Å². The van der Waals surface area contributed by atoms with Crippen molar-refractivity contribution in [2.75, 3.05) is 0 Å². The zero-order chi connectivity index (χ0) is 13.4. The minimum absolute atomic E-state index is 0.547. The van der Waals surface area contributed by atoms with Crippen LogP contribution < -0.4 is 0 Å². The molecular formula is C15H17NO2. The van der Waals surface area contributed by atoms with E-state index in [0.717, 1.165) is 23.0 Å². The lowest BCUT2D eigenvalue weighted by molar-refractivity contribution is 0.112. The standard InChI is InChI=1S/C15H17NO2/c1-8-6-9(2)11(4)14(10(8)3)15-13(7-17)12(5)16-18-15/h6-7H,1-5H3. The molecule has 0 radical (unpaired) electrons. The van der Waals surface area contributed by atoms with E-state index in [1.54, 1.807) is 6.92 Å². The van der Waals surface area contributed by atoms with Gasteiger partial charge in [-0.3, -0.25) is 4.79 Å². The van der Waals surface area contributed by atoms with Crippen LogP contribution in [0.25, 0.3) is 11.3 Å². The third kappa shape index (κ3) is 1.76. The van der Waals surface area contributed by atoms with E-state index >= 15 is 0 Å². The van der Waals surface area contributed by atoms with Crippen LogP contribution in [0.3, 0.4) is 0 Å². The molecule has 0 spiro atoms. The summed E-state index contributed by atoms with van der Waals surface area (Å²) in [5, 5.41) is 3.90. The first-order valence-electron chi connectivity index (χ1n) is 5.96. The first-order valence-corrected chi connectivity index (χ1v) is 5.96. The van der Waals surface area contributed by atoms with Gasteiger partial charge in [-0.15, -0.1) is 0 Å². The Morgan fingerprint density at radius 2 is 1.61 bits per heavy atom. The molecule has 0 aliphatic rings. The van der Waals surface area contributed by atoms with Crippen LogP contribution in [0.2, 0.25) is 0 Å². The number of nitrogens with zero attached hydrogens (tertiary/aromatic N) is 1. The Bertz CT molecular complexity index is 598. The van der Waals surface area contributed by atoms with Crippen molar-refractivity contribution < 1.29 is 9.32 Å². The third-order valence-electron chi connectivity index (χ3n) is 3.62. The lowest BCUT2D eigenvalue weighted by Crippen LogP contribution is -1.96. The molecule has 0 N–H and O–H groups in total. The number of aldehydes is 1. The Labute approximate surface area is 107 Å². The number of hydrogen-bond donors (Lipinski definition) is 0. The van der Waals surface area contributed by atoms with Gasteiger partial charge in [-0.05, 0) is 56.9 Å². The largest absolute Gasteiger partial charge is 0.355 e. The van der Waals surface area contributed by atoms with E-state index in [4.69, 9.17) is 4.52 Å². The molecule has 0 saturated carbocycles. The van der Waals surface area contributed by atoms with Crippen molar-refractivity contribution in [3.8, 4) is 11.3 Å². The van der Waals surface area contributed by atoms with Crippen LogP contribution in [-0.2, 0) is 0 Å². The Kier molecular flexibility index (Phi) is 3.07. The van der Waals surface area contributed by atoms with Crippen molar-refractivity contribution in [3.63, 3.8) is 0 Å². The third-order valence-corrected chi connectivity index (χ3v) is 3.62. The van der Waals surface area contributed by atoms with E-state index in [1.165, 1.54) is 11.1 Å². The van der Waals surface area contributed by atoms with Gasteiger partial charge in [-0.25, -0.2) is 0 Å². The summed E-state index contributed by atoms with van der Waals surface area (Å²) in [6.07, 6.45) is 0.817. The molecule has 0 bridgehead atoms. The average Bonchev–Trinajstić information content (AvgIpc) is 2.68. The summed E-state index contributed by atoms with van der Waals surface area (Å²) in [6.45, 7) is 10.0. The highest BCUT2D eigenvalue weighted by molar-refractivity contribution is 5.88. The molecule has 3 heteroatoms. The lowest BCUT2D eigenvalue weighted by atomic mass is 9.91. The summed E-state index contributed by atoms with van der Waals surface area (Å²) in [5.74, 6) is 0.587. The summed E-state index contributed by atoms with van der Waals surface area (Å²) in [7, 11) is 0. The van der Waals surface area contributed by atoms with Crippen LogP contribution in [0.1, 0.15) is 38.3 Å². The molecule has 0 aliphatic carbocycles. The molecule has 0 aliphatic heterocycles. The maximum atomic E-state index is 11.2. The predicted molar refractivity (Wildman–Crippen MR) is 71.0 cm³/mol. The van der Waals surface area contributed by atoms with Crippen molar-refractivity contribution in [2.45, 2.75) is 34.6 Å². The number of benzene rings is 1. The van der Waals surface area contributed by atoms with E-state index < -0.39 is 0 Å². The number of rotatable bonds is 2. The Morgan fingerprint density at radius 3 is 2.11 bits per heavy atom. The quantitative estimate of drug-likeness (QED) is 0.755. The van der Waals surface area contributed by atoms with Crippen LogP contribution >= 0.6 is 0 Å². The fourth-order valence-corrected chi connectivity index (χ4v) is 2.25. The number of carbonyl (C=O) groups excluding carboxylic acids is 1. The fourth-order valence-electron chi connectivity index (χ4n) is 2.25. The smallest absolute Gasteiger partial charge is 0.178 e. The zero-order valence-corrected chi connectivity index (χ0v) is 11.4. The Morgan fingerprint density at radius 1 is 1.06 bits per heavy atom. The first-order chi connectivity index (χ1) is 8.47. The molecule has 0 saturated heterocycles. The molecule has 18 heavy (non-hydrogen) atoms. The SMILES string of the molecule is Cc1cc(C)c(C)c(-c2onc(C)c2C=O)c1C. The van der Waals surface area contributed by atoms with E-state index in [1.807, 2.05) is 13.8 Å². The molecule has 0 unspecified atom stereocenters. The van der Waals surface area contributed by atoms with Crippen molar-refractivity contribution in [1.82, 2.24) is 5.16 Å². The van der Waals surface area contributed by atoms with Crippen LogP contribution in [-0.4, -0.2) is 11.4 Å². The number of aromatic nitrogens is 1. The molecule has 1 aromatic carbocycles. The Balaban J connectivity index is 2.82. The maximum absolute atomic E-state index is 11.2. The van der Waals surface area contributed by atoms with Crippen LogP contribution in [0.4, 0.5) is 0 Å². The number of carbonyl (C=O) groups is 1. The van der Waals surface area contributed by atoms with Crippen molar-refractivity contribution in [3.05, 3.63) is 39.6 Å². The van der Waals surface area contributed by atoms with Crippen molar-refractivity contribution in [1.29, 1.82) is 0 Å². The highest BCUT2D eigenvalue weighted by atomic mass is 16.5. The Hall–Kier alpha value is -1.90. The minimum atomic E-state index is 0.547. The van der Waals surface area contributed by atoms with E-state index in [0.29, 0.717) is 17.0 Å². The lowest BCUT2D eigenvalue weighted by Gasteiger charge is -2.13. The van der Waals surface area contributed by atoms with Gasteiger partial charge in [0.25, 0.3) is 0 Å². The van der Waals surface area contributed by atoms with Crippen LogP contribution in [0.5, 0.6) is 0 Å². The normalized spacial score (nSPS) is 10.7. The average molecular weight is 243 g/mol. The predicted octanol–water partition coefficient (Wildman–Crippen LogP) is 3.70. The second-order valence-corrected chi connectivity index (χ2v) is 4.76. The van der Waals surface area contributed by atoms with Gasteiger partial charge in [0, 0.05) is 5.56 Å². The van der Waals surface area contributed by atoms with Gasteiger partial charge >= 0.3 is 0 Å². The van der Waals surface area contributed by atoms with E-state index in [9.17, 15) is 4.79 Å². The van der Waals surface area contributed by atoms with Gasteiger partial charge in [0.15, 0.2) is 12.0 Å². The molecule has 0 atom stereocenters. The molecular weight excluding hydrogens is 226 g/mol. The summed E-state index contributed by atoms with van der Waals surface area (Å²) in [4.78, 5) is 11.2. The highest BCUT2D eigenvalue weighted by Gasteiger charge is 2.19. The van der Waals surface area contributed by atoms with E-state index in [2.05, 4.69) is 25.1 Å². The van der Waals surface area contributed by atoms with Crippen LogP contribution in [0.15, 0.2) is 10.6 Å². The summed E-state index contributed by atoms with van der Waals surface area (Å²) in [6, 6.07) is 2.15. The van der Waals surface area contributed by atoms with E-state index in [-0.39, 0.29) is 0 Å². The maximum Gasteiger partial charge on any atom is 0.178 e. The summed E-state index contributed by atoms with van der Waals surface area (Å²) >= 11 is 0. The molecule has 94 valence electrons. The molecule has 1 aromatic heterocycles. The molecule has 3 nitrogen and oxygen atoms in total. The molecule has 2 rings (SSSR count). The number of hydrogen-bond acceptors (Lipinski definition) is 3. The molecule has 0 amide bonds. The minimum Gasteiger partial charge on any atom is -0.355 e.